The molecular weight excluding hydrogens is 203 g/mol. The van der Waals surface area contributed by atoms with Crippen LogP contribution in [0.1, 0.15) is 0 Å². The van der Waals surface area contributed by atoms with E-state index in [1.807, 2.05) is 0 Å². The van der Waals surface area contributed by atoms with Crippen molar-refractivity contribution in [2.45, 2.75) is 0 Å². The summed E-state index contributed by atoms with van der Waals surface area (Å²) in [5.41, 5.74) is 0. The maximum atomic E-state index is 12.2. The minimum absolute atomic E-state index is 0.201. The van der Waals surface area contributed by atoms with Crippen LogP contribution in [0.5, 0.6) is 5.88 Å². The van der Waals surface area contributed by atoms with Gasteiger partial charge in [-0.05, 0) is 15.9 Å². The maximum absolute atomic E-state index is 12.2. The lowest BCUT2D eigenvalue weighted by atomic mass is 10.6. The van der Waals surface area contributed by atoms with Crippen molar-refractivity contribution in [1.29, 1.82) is 0 Å². The van der Waals surface area contributed by atoms with Gasteiger partial charge in [-0.1, -0.05) is 0 Å². The standard InChI is InChI=1S/C5H4BrFN2O/c1-10-4-3(6)2-8-5(7)9-4/h2H,1H3. The molecule has 5 heteroatoms. The zero-order valence-corrected chi connectivity index (χ0v) is 6.72. The van der Waals surface area contributed by atoms with Crippen LogP contribution in [-0.4, -0.2) is 17.1 Å². The van der Waals surface area contributed by atoms with E-state index in [4.69, 9.17) is 0 Å². The second-order valence-corrected chi connectivity index (χ2v) is 2.35. The van der Waals surface area contributed by atoms with Crippen molar-refractivity contribution < 1.29 is 9.13 Å². The Morgan fingerprint density at radius 1 is 1.70 bits per heavy atom. The molecule has 0 aliphatic heterocycles. The van der Waals surface area contributed by atoms with Crippen LogP contribution >= 0.6 is 15.9 Å². The molecule has 0 saturated heterocycles. The van der Waals surface area contributed by atoms with E-state index < -0.39 is 6.08 Å². The van der Waals surface area contributed by atoms with Crippen molar-refractivity contribution >= 4 is 15.9 Å². The third-order valence-corrected chi connectivity index (χ3v) is 1.42. The number of ether oxygens (including phenoxy) is 1. The molecule has 0 atom stereocenters. The number of hydrogen-bond donors (Lipinski definition) is 0. The van der Waals surface area contributed by atoms with E-state index in [0.29, 0.717) is 4.47 Å². The summed E-state index contributed by atoms with van der Waals surface area (Å²) in [6.45, 7) is 0. The second kappa shape index (κ2) is 2.92. The van der Waals surface area contributed by atoms with E-state index in [0.717, 1.165) is 0 Å². The van der Waals surface area contributed by atoms with Gasteiger partial charge < -0.3 is 4.74 Å². The molecule has 0 amide bonds. The highest BCUT2D eigenvalue weighted by atomic mass is 79.9. The first-order chi connectivity index (χ1) is 4.74. The lowest BCUT2D eigenvalue weighted by Crippen LogP contribution is -1.93. The molecule has 0 unspecified atom stereocenters. The van der Waals surface area contributed by atoms with Crippen LogP contribution < -0.4 is 4.74 Å². The van der Waals surface area contributed by atoms with Crippen molar-refractivity contribution in [2.75, 3.05) is 7.11 Å². The van der Waals surface area contributed by atoms with E-state index in [9.17, 15) is 4.39 Å². The number of aromatic nitrogens is 2. The van der Waals surface area contributed by atoms with Crippen molar-refractivity contribution in [3.05, 3.63) is 16.7 Å². The molecule has 0 fully saturated rings. The van der Waals surface area contributed by atoms with Crippen molar-refractivity contribution in [1.82, 2.24) is 9.97 Å². The van der Waals surface area contributed by atoms with Crippen LogP contribution in [0.3, 0.4) is 0 Å². The predicted octanol–water partition coefficient (Wildman–Crippen LogP) is 1.39. The third-order valence-electron chi connectivity index (χ3n) is 0.876. The lowest BCUT2D eigenvalue weighted by molar-refractivity contribution is 0.379. The summed E-state index contributed by atoms with van der Waals surface area (Å²) in [7, 11) is 1.41. The number of nitrogens with zero attached hydrogens (tertiary/aromatic N) is 2. The highest BCUT2D eigenvalue weighted by Crippen LogP contribution is 2.19. The van der Waals surface area contributed by atoms with Gasteiger partial charge in [0.05, 0.1) is 17.8 Å². The van der Waals surface area contributed by atoms with Gasteiger partial charge in [0.2, 0.25) is 5.88 Å². The number of hydrogen-bond acceptors (Lipinski definition) is 3. The zero-order chi connectivity index (χ0) is 7.56. The second-order valence-electron chi connectivity index (χ2n) is 1.50. The molecule has 0 spiro atoms. The van der Waals surface area contributed by atoms with E-state index in [2.05, 4.69) is 30.6 Å². The topological polar surface area (TPSA) is 35.0 Å². The molecule has 0 bridgehead atoms. The normalized spacial score (nSPS) is 9.50. The van der Waals surface area contributed by atoms with Crippen molar-refractivity contribution in [3.8, 4) is 5.88 Å². The van der Waals surface area contributed by atoms with E-state index in [1.54, 1.807) is 0 Å². The van der Waals surface area contributed by atoms with Gasteiger partial charge in [0.1, 0.15) is 0 Å². The molecule has 0 aromatic carbocycles. The van der Waals surface area contributed by atoms with Crippen LogP contribution in [0.15, 0.2) is 10.7 Å². The number of halogens is 2. The molecule has 3 nitrogen and oxygen atoms in total. The quantitative estimate of drug-likeness (QED) is 0.652. The summed E-state index contributed by atoms with van der Waals surface area (Å²) in [6, 6.07) is 0. The maximum Gasteiger partial charge on any atom is 0.311 e. The van der Waals surface area contributed by atoms with Crippen LogP contribution in [0.25, 0.3) is 0 Å². The van der Waals surface area contributed by atoms with Gasteiger partial charge in [0, 0.05) is 0 Å². The molecule has 1 heterocycles. The number of rotatable bonds is 1. The van der Waals surface area contributed by atoms with Crippen LogP contribution in [0.4, 0.5) is 4.39 Å². The minimum atomic E-state index is -0.792. The Morgan fingerprint density at radius 3 is 2.90 bits per heavy atom. The summed E-state index contributed by atoms with van der Waals surface area (Å²) in [4.78, 5) is 6.63. The van der Waals surface area contributed by atoms with Gasteiger partial charge in [0.25, 0.3) is 0 Å². The monoisotopic (exact) mass is 206 g/mol. The molecule has 54 valence electrons. The van der Waals surface area contributed by atoms with Gasteiger partial charge in [-0.15, -0.1) is 0 Å². The first kappa shape index (κ1) is 7.40. The molecule has 1 aromatic rings. The van der Waals surface area contributed by atoms with E-state index in [-0.39, 0.29) is 5.88 Å². The SMILES string of the molecule is COc1nc(F)ncc1Br. The van der Waals surface area contributed by atoms with Crippen LogP contribution in [0.2, 0.25) is 0 Å². The van der Waals surface area contributed by atoms with Gasteiger partial charge in [-0.3, -0.25) is 0 Å². The van der Waals surface area contributed by atoms with Crippen LogP contribution in [-0.2, 0) is 0 Å². The third kappa shape index (κ3) is 1.41. The first-order valence-corrected chi connectivity index (χ1v) is 3.25. The average Bonchev–Trinajstić information content (AvgIpc) is 1.94. The van der Waals surface area contributed by atoms with Crippen molar-refractivity contribution in [2.24, 2.45) is 0 Å². The van der Waals surface area contributed by atoms with Gasteiger partial charge in [-0.2, -0.15) is 9.37 Å². The molecule has 10 heavy (non-hydrogen) atoms. The Hall–Kier alpha value is -0.710. The largest absolute Gasteiger partial charge is 0.480 e. The van der Waals surface area contributed by atoms with Gasteiger partial charge in [0.15, 0.2) is 0 Å². The molecular formula is C5H4BrFN2O. The summed E-state index contributed by atoms with van der Waals surface area (Å²) < 4.78 is 17.4. The Kier molecular flexibility index (Phi) is 2.16. The highest BCUT2D eigenvalue weighted by Gasteiger charge is 2.02. The molecule has 0 aliphatic rings. The molecule has 0 radical (unpaired) electrons. The first-order valence-electron chi connectivity index (χ1n) is 2.46. The smallest absolute Gasteiger partial charge is 0.311 e. The lowest BCUT2D eigenvalue weighted by Gasteiger charge is -1.98. The number of methoxy groups -OCH3 is 1. The highest BCUT2D eigenvalue weighted by molar-refractivity contribution is 9.10. The molecule has 1 rings (SSSR count). The molecule has 0 N–H and O–H groups in total. The average molecular weight is 207 g/mol. The fourth-order valence-electron chi connectivity index (χ4n) is 0.474. The van der Waals surface area contributed by atoms with Gasteiger partial charge in [-0.25, -0.2) is 4.98 Å². The van der Waals surface area contributed by atoms with Crippen molar-refractivity contribution in [3.63, 3.8) is 0 Å². The Bertz CT molecular complexity index is 243. The summed E-state index contributed by atoms with van der Waals surface area (Å²) in [5.74, 6) is 0.201. The summed E-state index contributed by atoms with van der Waals surface area (Å²) >= 11 is 3.07. The molecule has 1 aromatic heterocycles. The molecule has 0 aliphatic carbocycles. The molecule has 0 saturated carbocycles. The minimum Gasteiger partial charge on any atom is -0.480 e. The fourth-order valence-corrected chi connectivity index (χ4v) is 0.827. The van der Waals surface area contributed by atoms with Gasteiger partial charge >= 0.3 is 6.08 Å². The summed E-state index contributed by atoms with van der Waals surface area (Å²) in [6.07, 6.45) is 0.501. The Balaban J connectivity index is 3.09. The fraction of sp³-hybridized carbons (Fsp3) is 0.200. The Morgan fingerprint density at radius 2 is 2.40 bits per heavy atom. The Labute approximate surface area is 65.4 Å². The van der Waals surface area contributed by atoms with Crippen LogP contribution in [0, 0.1) is 6.08 Å². The van der Waals surface area contributed by atoms with E-state index >= 15 is 0 Å². The summed E-state index contributed by atoms with van der Waals surface area (Å²) in [5, 5.41) is 0. The van der Waals surface area contributed by atoms with E-state index in [1.165, 1.54) is 13.3 Å². The zero-order valence-electron chi connectivity index (χ0n) is 5.14. The predicted molar refractivity (Wildman–Crippen MR) is 36.2 cm³/mol.